The van der Waals surface area contributed by atoms with Gasteiger partial charge in [-0.1, -0.05) is 26.7 Å². The van der Waals surface area contributed by atoms with E-state index in [4.69, 9.17) is 4.74 Å². The molecular weight excluding hydrogens is 493 g/mol. The number of hydrogen-bond acceptors (Lipinski definition) is 4. The molecule has 0 unspecified atom stereocenters. The van der Waals surface area contributed by atoms with Crippen LogP contribution in [0.3, 0.4) is 0 Å². The number of carbonyl (C=O) groups excluding carboxylic acids is 1. The lowest BCUT2D eigenvalue weighted by Gasteiger charge is -2.36. The van der Waals surface area contributed by atoms with Gasteiger partial charge in [0.2, 0.25) is 5.91 Å². The smallest absolute Gasteiger partial charge is 0.225 e. The van der Waals surface area contributed by atoms with Gasteiger partial charge in [-0.25, -0.2) is 0 Å². The summed E-state index contributed by atoms with van der Waals surface area (Å²) in [4.78, 5) is 21.7. The molecule has 2 N–H and O–H groups in total. The zero-order valence-corrected chi connectivity index (χ0v) is 21.7. The van der Waals surface area contributed by atoms with E-state index in [9.17, 15) is 4.79 Å². The molecule has 0 aromatic heterocycles. The molecule has 0 spiro atoms. The van der Waals surface area contributed by atoms with Crippen LogP contribution in [0.1, 0.15) is 52.9 Å². The molecule has 1 aliphatic heterocycles. The van der Waals surface area contributed by atoms with Crippen molar-refractivity contribution in [1.29, 1.82) is 0 Å². The summed E-state index contributed by atoms with van der Waals surface area (Å²) in [5.41, 5.74) is 0. The summed E-state index contributed by atoms with van der Waals surface area (Å²) in [5, 5.41) is 6.74. The van der Waals surface area contributed by atoms with Gasteiger partial charge in [0.25, 0.3) is 0 Å². The lowest BCUT2D eigenvalue weighted by Crippen LogP contribution is -2.51. The fourth-order valence-corrected chi connectivity index (χ4v) is 3.97. The number of piperazine rings is 1. The molecule has 0 bridgehead atoms. The molecule has 1 aliphatic carbocycles. The van der Waals surface area contributed by atoms with Gasteiger partial charge in [0, 0.05) is 71.5 Å². The number of carbonyl (C=O) groups is 1. The van der Waals surface area contributed by atoms with Crippen molar-refractivity contribution in [2.24, 2.45) is 16.8 Å². The molecular formula is C22H44IN5O2. The third-order valence-electron chi connectivity index (χ3n) is 5.62. The Balaban J connectivity index is 0.00000450. The molecule has 1 amide bonds. The van der Waals surface area contributed by atoms with Gasteiger partial charge in [-0.15, -0.1) is 24.0 Å². The number of nitrogens with zero attached hydrogens (tertiary/aromatic N) is 3. The van der Waals surface area contributed by atoms with E-state index < -0.39 is 0 Å². The first-order valence-electron chi connectivity index (χ1n) is 11.7. The first-order chi connectivity index (χ1) is 14.1. The van der Waals surface area contributed by atoms with Gasteiger partial charge in [0.15, 0.2) is 5.96 Å². The normalized spacial score (nSPS) is 18.5. The topological polar surface area (TPSA) is 69.2 Å². The van der Waals surface area contributed by atoms with Crippen LogP contribution in [0.15, 0.2) is 4.99 Å². The first-order valence-corrected chi connectivity index (χ1v) is 11.7. The Labute approximate surface area is 200 Å². The highest BCUT2D eigenvalue weighted by atomic mass is 127. The Morgan fingerprint density at radius 1 is 1.13 bits per heavy atom. The van der Waals surface area contributed by atoms with Crippen molar-refractivity contribution >= 4 is 35.8 Å². The van der Waals surface area contributed by atoms with Crippen LogP contribution < -0.4 is 10.6 Å². The molecule has 176 valence electrons. The quantitative estimate of drug-likeness (QED) is 0.184. The van der Waals surface area contributed by atoms with Crippen LogP contribution in [0, 0.1) is 11.8 Å². The molecule has 30 heavy (non-hydrogen) atoms. The second-order valence-electron chi connectivity index (χ2n) is 8.66. The fourth-order valence-electron chi connectivity index (χ4n) is 3.97. The van der Waals surface area contributed by atoms with Crippen molar-refractivity contribution in [2.75, 3.05) is 65.6 Å². The summed E-state index contributed by atoms with van der Waals surface area (Å²) < 4.78 is 5.61. The van der Waals surface area contributed by atoms with Crippen molar-refractivity contribution < 1.29 is 9.53 Å². The van der Waals surface area contributed by atoms with Gasteiger partial charge in [-0.3, -0.25) is 14.7 Å². The van der Waals surface area contributed by atoms with Crippen molar-refractivity contribution in [3.8, 4) is 0 Å². The minimum absolute atomic E-state index is 0. The minimum atomic E-state index is 0. The fraction of sp³-hybridized carbons (Fsp3) is 0.909. The minimum Gasteiger partial charge on any atom is -0.381 e. The molecule has 2 rings (SSSR count). The number of halogens is 1. The molecule has 1 saturated carbocycles. The molecule has 8 heteroatoms. The van der Waals surface area contributed by atoms with E-state index in [1.165, 1.54) is 12.8 Å². The second-order valence-corrected chi connectivity index (χ2v) is 8.66. The van der Waals surface area contributed by atoms with E-state index >= 15 is 0 Å². The Hall–Kier alpha value is -0.610. The molecule has 0 aromatic carbocycles. The third-order valence-corrected chi connectivity index (χ3v) is 5.62. The standard InChI is InChI=1S/C22H43N5O2.HI/c1-4-23-22(24-10-7-17-29-18-19(2)3)25-11-12-26-13-15-27(16-14-26)21(28)20-8-5-6-9-20;/h19-20H,4-18H2,1-3H3,(H2,23,24,25);1H. The van der Waals surface area contributed by atoms with Crippen molar-refractivity contribution in [1.82, 2.24) is 20.4 Å². The van der Waals surface area contributed by atoms with Crippen molar-refractivity contribution in [3.05, 3.63) is 0 Å². The SMILES string of the molecule is CCNC(=NCCCOCC(C)C)NCCN1CCN(C(=O)C2CCCC2)CC1.I. The average Bonchev–Trinajstić information content (AvgIpc) is 3.25. The number of nitrogens with one attached hydrogen (secondary N) is 2. The van der Waals surface area contributed by atoms with Crippen LogP contribution >= 0.6 is 24.0 Å². The van der Waals surface area contributed by atoms with Crippen LogP contribution in [0.2, 0.25) is 0 Å². The molecule has 1 saturated heterocycles. The Kier molecular flexibility index (Phi) is 14.7. The summed E-state index contributed by atoms with van der Waals surface area (Å²) in [6, 6.07) is 0. The number of rotatable bonds is 11. The second kappa shape index (κ2) is 16.1. The molecule has 0 radical (unpaired) electrons. The maximum absolute atomic E-state index is 12.5. The zero-order valence-electron chi connectivity index (χ0n) is 19.3. The van der Waals surface area contributed by atoms with Crippen LogP contribution in [0.5, 0.6) is 0 Å². The monoisotopic (exact) mass is 537 g/mol. The number of hydrogen-bond donors (Lipinski definition) is 2. The lowest BCUT2D eigenvalue weighted by atomic mass is 10.1. The Morgan fingerprint density at radius 2 is 1.83 bits per heavy atom. The van der Waals surface area contributed by atoms with Crippen LogP contribution in [-0.2, 0) is 9.53 Å². The van der Waals surface area contributed by atoms with Crippen LogP contribution in [-0.4, -0.2) is 87.2 Å². The average molecular weight is 538 g/mol. The lowest BCUT2D eigenvalue weighted by molar-refractivity contribution is -0.137. The van der Waals surface area contributed by atoms with E-state index in [1.807, 2.05) is 0 Å². The van der Waals surface area contributed by atoms with E-state index in [2.05, 4.69) is 46.2 Å². The molecule has 1 heterocycles. The molecule has 0 aromatic rings. The summed E-state index contributed by atoms with van der Waals surface area (Å²) in [7, 11) is 0. The van der Waals surface area contributed by atoms with Crippen LogP contribution in [0.4, 0.5) is 0 Å². The highest BCUT2D eigenvalue weighted by Crippen LogP contribution is 2.26. The Bertz CT molecular complexity index is 490. The molecule has 2 fully saturated rings. The van der Waals surface area contributed by atoms with E-state index in [0.29, 0.717) is 17.7 Å². The summed E-state index contributed by atoms with van der Waals surface area (Å²) in [5.74, 6) is 2.17. The van der Waals surface area contributed by atoms with Crippen molar-refractivity contribution in [3.63, 3.8) is 0 Å². The predicted octanol–water partition coefficient (Wildman–Crippen LogP) is 2.56. The van der Waals surface area contributed by atoms with Gasteiger partial charge < -0.3 is 20.3 Å². The number of amides is 1. The molecule has 7 nitrogen and oxygen atoms in total. The summed E-state index contributed by atoms with van der Waals surface area (Å²) in [6.45, 7) is 15.2. The number of guanidine groups is 1. The van der Waals surface area contributed by atoms with Gasteiger partial charge in [-0.2, -0.15) is 0 Å². The van der Waals surface area contributed by atoms with Gasteiger partial charge in [-0.05, 0) is 32.1 Å². The largest absolute Gasteiger partial charge is 0.381 e. The molecule has 0 atom stereocenters. The zero-order chi connectivity index (χ0) is 20.9. The van der Waals surface area contributed by atoms with E-state index in [0.717, 1.165) is 90.8 Å². The van der Waals surface area contributed by atoms with E-state index in [1.54, 1.807) is 0 Å². The first kappa shape index (κ1) is 27.4. The van der Waals surface area contributed by atoms with Crippen molar-refractivity contribution in [2.45, 2.75) is 52.9 Å². The number of aliphatic imine (C=N–C) groups is 1. The molecule has 2 aliphatic rings. The highest BCUT2D eigenvalue weighted by molar-refractivity contribution is 14.0. The summed E-state index contributed by atoms with van der Waals surface area (Å²) >= 11 is 0. The highest BCUT2D eigenvalue weighted by Gasteiger charge is 2.29. The van der Waals surface area contributed by atoms with Gasteiger partial charge in [0.05, 0.1) is 0 Å². The Morgan fingerprint density at radius 3 is 2.47 bits per heavy atom. The van der Waals surface area contributed by atoms with Gasteiger partial charge in [0.1, 0.15) is 0 Å². The van der Waals surface area contributed by atoms with Gasteiger partial charge >= 0.3 is 0 Å². The maximum Gasteiger partial charge on any atom is 0.225 e. The van der Waals surface area contributed by atoms with Crippen LogP contribution in [0.25, 0.3) is 0 Å². The number of ether oxygens (including phenoxy) is 1. The van der Waals surface area contributed by atoms with E-state index in [-0.39, 0.29) is 24.0 Å². The maximum atomic E-state index is 12.5. The predicted molar refractivity (Wildman–Crippen MR) is 135 cm³/mol. The summed E-state index contributed by atoms with van der Waals surface area (Å²) in [6.07, 6.45) is 5.59. The third kappa shape index (κ3) is 10.6.